The summed E-state index contributed by atoms with van der Waals surface area (Å²) in [6, 6.07) is 0. The summed E-state index contributed by atoms with van der Waals surface area (Å²) in [6.45, 7) is 3.33. The number of nitrogens with zero attached hydrogens (tertiary/aromatic N) is 1. The maximum absolute atomic E-state index is 11.8. The second kappa shape index (κ2) is 6.83. The van der Waals surface area contributed by atoms with Crippen molar-refractivity contribution in [2.45, 2.75) is 19.3 Å². The zero-order valence-corrected chi connectivity index (χ0v) is 7.55. The first kappa shape index (κ1) is 11.1. The van der Waals surface area contributed by atoms with Gasteiger partial charge in [-0.05, 0) is 19.3 Å². The first-order valence-electron chi connectivity index (χ1n) is 4.13. The van der Waals surface area contributed by atoms with E-state index in [0.717, 1.165) is 19.3 Å². The Morgan fingerprint density at radius 2 is 2.25 bits per heavy atom. The largest absolute Gasteiger partial charge is 0.343 e. The molecule has 1 amide bonds. The molecule has 0 aliphatic rings. The van der Waals surface area contributed by atoms with E-state index in [1.807, 2.05) is 6.08 Å². The molecule has 0 bridgehead atoms. The van der Waals surface area contributed by atoms with Crippen molar-refractivity contribution >= 4 is 5.91 Å². The Balaban J connectivity index is 3.36. The molecule has 0 unspecified atom stereocenters. The van der Waals surface area contributed by atoms with E-state index in [0.29, 0.717) is 6.54 Å². The minimum absolute atomic E-state index is 0.436. The van der Waals surface area contributed by atoms with Gasteiger partial charge in [0.25, 0.3) is 5.91 Å². The maximum Gasteiger partial charge on any atom is 0.253 e. The van der Waals surface area contributed by atoms with Crippen LogP contribution in [-0.2, 0) is 4.79 Å². The van der Waals surface area contributed by atoms with Crippen molar-refractivity contribution in [1.29, 1.82) is 0 Å². The van der Waals surface area contributed by atoms with Crippen LogP contribution in [0.1, 0.15) is 19.3 Å². The summed E-state index contributed by atoms with van der Waals surface area (Å²) in [5, 5.41) is 0. The highest BCUT2D eigenvalue weighted by molar-refractivity contribution is 5.76. The van der Waals surface area contributed by atoms with Gasteiger partial charge in [-0.3, -0.25) is 4.79 Å². The molecule has 0 aromatic carbocycles. The summed E-state index contributed by atoms with van der Waals surface area (Å²) >= 11 is 0. The van der Waals surface area contributed by atoms with Crippen LogP contribution in [0, 0.1) is 0 Å². The molecule has 0 fully saturated rings. The van der Waals surface area contributed by atoms with Gasteiger partial charge in [0.2, 0.25) is 0 Å². The van der Waals surface area contributed by atoms with Crippen molar-refractivity contribution in [1.82, 2.24) is 4.90 Å². The molecule has 0 aromatic heterocycles. The van der Waals surface area contributed by atoms with Gasteiger partial charge in [0.05, 0.1) is 0 Å². The number of unbranched alkanes of at least 4 members (excludes halogenated alkanes) is 2. The highest BCUT2D eigenvalue weighted by Crippen LogP contribution is 1.98. The van der Waals surface area contributed by atoms with Crippen molar-refractivity contribution in [3.63, 3.8) is 0 Å². The number of alkyl halides is 1. The molecule has 2 nitrogen and oxygen atoms in total. The van der Waals surface area contributed by atoms with E-state index in [9.17, 15) is 9.18 Å². The molecule has 0 aliphatic carbocycles. The lowest BCUT2D eigenvalue weighted by Crippen LogP contribution is -2.28. The fraction of sp³-hybridized carbons (Fsp3) is 0.667. The SMILES string of the molecule is C=CCCCCN(C)C(=O)CF. The molecule has 0 atom stereocenters. The van der Waals surface area contributed by atoms with Gasteiger partial charge in [0.15, 0.2) is 6.67 Å². The molecule has 0 N–H and O–H groups in total. The van der Waals surface area contributed by atoms with Gasteiger partial charge in [-0.15, -0.1) is 6.58 Å². The number of carbonyl (C=O) groups excluding carboxylic acids is 1. The predicted octanol–water partition coefficient (Wildman–Crippen LogP) is 1.77. The van der Waals surface area contributed by atoms with Crippen LogP contribution in [0.15, 0.2) is 12.7 Å². The smallest absolute Gasteiger partial charge is 0.253 e. The van der Waals surface area contributed by atoms with Crippen molar-refractivity contribution < 1.29 is 9.18 Å². The van der Waals surface area contributed by atoms with Crippen molar-refractivity contribution in [2.24, 2.45) is 0 Å². The van der Waals surface area contributed by atoms with Crippen LogP contribution in [0.5, 0.6) is 0 Å². The molecule has 0 rings (SSSR count). The van der Waals surface area contributed by atoms with Crippen LogP contribution < -0.4 is 0 Å². The third kappa shape index (κ3) is 4.88. The second-order valence-electron chi connectivity index (χ2n) is 2.73. The third-order valence-corrected chi connectivity index (χ3v) is 1.69. The van der Waals surface area contributed by atoms with Crippen molar-refractivity contribution in [3.05, 3.63) is 12.7 Å². The van der Waals surface area contributed by atoms with Crippen molar-refractivity contribution in [3.8, 4) is 0 Å². The third-order valence-electron chi connectivity index (χ3n) is 1.69. The quantitative estimate of drug-likeness (QED) is 0.443. The monoisotopic (exact) mass is 173 g/mol. The average Bonchev–Trinajstić information content (AvgIpc) is 2.10. The van der Waals surface area contributed by atoms with Gasteiger partial charge < -0.3 is 4.90 Å². The van der Waals surface area contributed by atoms with Crippen LogP contribution in [0.3, 0.4) is 0 Å². The molecule has 0 heterocycles. The van der Waals surface area contributed by atoms with E-state index in [4.69, 9.17) is 0 Å². The second-order valence-corrected chi connectivity index (χ2v) is 2.73. The zero-order valence-electron chi connectivity index (χ0n) is 7.55. The Bertz CT molecular complexity index is 147. The molecule has 70 valence electrons. The molecule has 0 aliphatic heterocycles. The van der Waals surface area contributed by atoms with Crippen LogP contribution in [0.2, 0.25) is 0 Å². The zero-order chi connectivity index (χ0) is 9.40. The molecular weight excluding hydrogens is 157 g/mol. The minimum Gasteiger partial charge on any atom is -0.343 e. The Labute approximate surface area is 73.1 Å². The van der Waals surface area contributed by atoms with E-state index < -0.39 is 12.6 Å². The molecule has 3 heteroatoms. The van der Waals surface area contributed by atoms with Gasteiger partial charge in [0, 0.05) is 13.6 Å². The Morgan fingerprint density at radius 3 is 2.75 bits per heavy atom. The van der Waals surface area contributed by atoms with Gasteiger partial charge in [0.1, 0.15) is 0 Å². The first-order chi connectivity index (χ1) is 5.72. The molecule has 0 spiro atoms. The number of rotatable bonds is 6. The van der Waals surface area contributed by atoms with Crippen molar-refractivity contribution in [2.75, 3.05) is 20.3 Å². The molecule has 0 saturated carbocycles. The highest BCUT2D eigenvalue weighted by Gasteiger charge is 2.05. The summed E-state index contributed by atoms with van der Waals surface area (Å²) in [7, 11) is 1.62. The summed E-state index contributed by atoms with van der Waals surface area (Å²) < 4.78 is 11.8. The molecule has 0 radical (unpaired) electrons. The summed E-state index contributed by atoms with van der Waals surface area (Å²) in [5.41, 5.74) is 0. The van der Waals surface area contributed by atoms with E-state index in [1.165, 1.54) is 4.90 Å². The number of hydrogen-bond acceptors (Lipinski definition) is 1. The standard InChI is InChI=1S/C9H16FNO/c1-3-4-5-6-7-11(2)9(12)8-10/h3H,1,4-8H2,2H3. The highest BCUT2D eigenvalue weighted by atomic mass is 19.1. The number of amides is 1. The lowest BCUT2D eigenvalue weighted by molar-refractivity contribution is -0.130. The molecular formula is C9H16FNO. The Morgan fingerprint density at radius 1 is 1.58 bits per heavy atom. The van der Waals surface area contributed by atoms with E-state index in [-0.39, 0.29) is 0 Å². The Kier molecular flexibility index (Phi) is 6.34. The van der Waals surface area contributed by atoms with Crippen LogP contribution in [0.25, 0.3) is 0 Å². The summed E-state index contributed by atoms with van der Waals surface area (Å²) in [5.74, 6) is -0.436. The van der Waals surface area contributed by atoms with Crippen LogP contribution in [0.4, 0.5) is 4.39 Å². The van der Waals surface area contributed by atoms with E-state index >= 15 is 0 Å². The molecule has 12 heavy (non-hydrogen) atoms. The average molecular weight is 173 g/mol. The number of allylic oxidation sites excluding steroid dienone is 1. The van der Waals surface area contributed by atoms with Gasteiger partial charge in [-0.2, -0.15) is 0 Å². The van der Waals surface area contributed by atoms with Gasteiger partial charge in [-0.25, -0.2) is 4.39 Å². The van der Waals surface area contributed by atoms with E-state index in [2.05, 4.69) is 6.58 Å². The number of hydrogen-bond donors (Lipinski definition) is 0. The lowest BCUT2D eigenvalue weighted by Gasteiger charge is -2.14. The first-order valence-corrected chi connectivity index (χ1v) is 4.13. The summed E-state index contributed by atoms with van der Waals surface area (Å²) in [6.07, 6.45) is 4.72. The number of carbonyl (C=O) groups is 1. The summed E-state index contributed by atoms with van der Waals surface area (Å²) in [4.78, 5) is 12.1. The molecule has 0 aromatic rings. The predicted molar refractivity (Wildman–Crippen MR) is 47.7 cm³/mol. The van der Waals surface area contributed by atoms with E-state index in [1.54, 1.807) is 7.05 Å². The van der Waals surface area contributed by atoms with Crippen LogP contribution in [-0.4, -0.2) is 31.1 Å². The lowest BCUT2D eigenvalue weighted by atomic mass is 10.2. The molecule has 0 saturated heterocycles. The topological polar surface area (TPSA) is 20.3 Å². The van der Waals surface area contributed by atoms with Gasteiger partial charge >= 0.3 is 0 Å². The number of halogens is 1. The minimum atomic E-state index is -0.891. The fourth-order valence-electron chi connectivity index (χ4n) is 0.864. The Hall–Kier alpha value is -0.860. The maximum atomic E-state index is 11.8. The van der Waals surface area contributed by atoms with Gasteiger partial charge in [-0.1, -0.05) is 6.08 Å². The van der Waals surface area contributed by atoms with Crippen LogP contribution >= 0.6 is 0 Å². The fourth-order valence-corrected chi connectivity index (χ4v) is 0.864. The normalized spacial score (nSPS) is 9.50.